The Labute approximate surface area is 172 Å². The first-order valence-electron chi connectivity index (χ1n) is 8.50. The van der Waals surface area contributed by atoms with Gasteiger partial charge in [-0.15, -0.1) is 0 Å². The zero-order valence-corrected chi connectivity index (χ0v) is 16.8. The van der Waals surface area contributed by atoms with E-state index in [1.54, 1.807) is 0 Å². The molecule has 8 heteroatoms. The summed E-state index contributed by atoms with van der Waals surface area (Å²) in [6.45, 7) is 2.76. The number of nitrogens with zero attached hydrogens (tertiary/aromatic N) is 3. The third kappa shape index (κ3) is 8.47. The first-order chi connectivity index (χ1) is 12.2. The van der Waals surface area contributed by atoms with Gasteiger partial charge in [0.05, 0.1) is 5.56 Å². The SMILES string of the molecule is CCCCCC(=O)c1ccc[n+](COC[n+]2ccccc2/C=N/O)c1.[Cl-].[Cl-]. The summed E-state index contributed by atoms with van der Waals surface area (Å²) in [6.07, 6.45) is 10.6. The molecule has 0 saturated heterocycles. The number of unbranched alkanes of at least 4 members (excludes halogenated alkanes) is 2. The minimum atomic E-state index is 0. The Morgan fingerprint density at radius 2 is 1.96 bits per heavy atom. The van der Waals surface area contributed by atoms with Crippen LogP contribution in [-0.4, -0.2) is 17.2 Å². The van der Waals surface area contributed by atoms with Crippen molar-refractivity contribution in [2.75, 3.05) is 0 Å². The number of rotatable bonds is 10. The van der Waals surface area contributed by atoms with E-state index in [-0.39, 0.29) is 30.6 Å². The van der Waals surface area contributed by atoms with Crippen LogP contribution in [0.1, 0.15) is 48.7 Å². The van der Waals surface area contributed by atoms with E-state index < -0.39 is 0 Å². The zero-order chi connectivity index (χ0) is 17.9. The van der Waals surface area contributed by atoms with E-state index >= 15 is 0 Å². The lowest BCUT2D eigenvalue weighted by atomic mass is 10.1. The predicted molar refractivity (Wildman–Crippen MR) is 92.2 cm³/mol. The Hall–Kier alpha value is -2.02. The molecule has 0 radical (unpaired) electrons. The fourth-order valence-corrected chi connectivity index (χ4v) is 2.48. The van der Waals surface area contributed by atoms with Crippen LogP contribution in [0.3, 0.4) is 0 Å². The van der Waals surface area contributed by atoms with Crippen molar-refractivity contribution in [1.29, 1.82) is 0 Å². The van der Waals surface area contributed by atoms with Crippen LogP contribution in [0, 0.1) is 0 Å². The number of pyridine rings is 2. The lowest BCUT2D eigenvalue weighted by molar-refractivity contribution is -0.788. The monoisotopic (exact) mass is 413 g/mol. The minimum absolute atomic E-state index is 0. The summed E-state index contributed by atoms with van der Waals surface area (Å²) >= 11 is 0. The van der Waals surface area contributed by atoms with Gasteiger partial charge < -0.3 is 30.0 Å². The van der Waals surface area contributed by atoms with E-state index in [0.717, 1.165) is 25.0 Å². The van der Waals surface area contributed by atoms with Crippen LogP contribution in [0.5, 0.6) is 0 Å². The molecule has 0 atom stereocenters. The molecular formula is C19H25Cl2N3O3. The topological polar surface area (TPSA) is 66.7 Å². The van der Waals surface area contributed by atoms with Crippen molar-refractivity contribution in [3.63, 3.8) is 0 Å². The molecule has 0 saturated carbocycles. The molecule has 2 rings (SSSR count). The van der Waals surface area contributed by atoms with Crippen molar-refractivity contribution in [2.24, 2.45) is 5.16 Å². The fourth-order valence-electron chi connectivity index (χ4n) is 2.48. The maximum atomic E-state index is 12.2. The molecule has 2 aromatic rings. The first kappa shape index (κ1) is 25.0. The summed E-state index contributed by atoms with van der Waals surface area (Å²) in [5.41, 5.74) is 1.44. The van der Waals surface area contributed by atoms with Gasteiger partial charge in [0.1, 0.15) is 6.21 Å². The number of hydrogen-bond acceptors (Lipinski definition) is 4. The van der Waals surface area contributed by atoms with Gasteiger partial charge in [0.2, 0.25) is 5.69 Å². The Morgan fingerprint density at radius 1 is 1.15 bits per heavy atom. The summed E-state index contributed by atoms with van der Waals surface area (Å²) in [6, 6.07) is 9.25. The lowest BCUT2D eigenvalue weighted by Gasteiger charge is -2.02. The van der Waals surface area contributed by atoms with E-state index in [4.69, 9.17) is 9.94 Å². The molecule has 0 aliphatic carbocycles. The van der Waals surface area contributed by atoms with E-state index in [9.17, 15) is 4.79 Å². The van der Waals surface area contributed by atoms with Gasteiger partial charge in [-0.25, -0.2) is 0 Å². The average molecular weight is 414 g/mol. The number of carbonyl (C=O) groups excluding carboxylic acids is 1. The van der Waals surface area contributed by atoms with Gasteiger partial charge in [0, 0.05) is 24.6 Å². The van der Waals surface area contributed by atoms with Gasteiger partial charge in [-0.2, -0.15) is 9.13 Å². The third-order valence-electron chi connectivity index (χ3n) is 3.82. The Balaban J connectivity index is 0.00000338. The second kappa shape index (κ2) is 14.1. The molecule has 0 aliphatic rings. The molecule has 6 nitrogen and oxygen atoms in total. The number of ketones is 1. The Morgan fingerprint density at radius 3 is 2.70 bits per heavy atom. The molecule has 0 aromatic carbocycles. The van der Waals surface area contributed by atoms with Crippen LogP contribution in [0.4, 0.5) is 0 Å². The second-order valence-corrected chi connectivity index (χ2v) is 5.79. The van der Waals surface area contributed by atoms with E-state index in [2.05, 4.69) is 12.1 Å². The zero-order valence-electron chi connectivity index (χ0n) is 15.3. The van der Waals surface area contributed by atoms with Gasteiger partial charge in [0.25, 0.3) is 13.5 Å². The first-order valence-corrected chi connectivity index (χ1v) is 8.50. The van der Waals surface area contributed by atoms with Gasteiger partial charge in [-0.05, 0) is 18.6 Å². The van der Waals surface area contributed by atoms with Gasteiger partial charge in [-0.1, -0.05) is 24.9 Å². The maximum absolute atomic E-state index is 12.2. The summed E-state index contributed by atoms with van der Waals surface area (Å²) in [5, 5.41) is 11.7. The molecule has 0 aliphatic heterocycles. The Kier molecular flexibility index (Phi) is 13.0. The van der Waals surface area contributed by atoms with Crippen molar-refractivity contribution >= 4 is 12.0 Å². The number of carbonyl (C=O) groups is 1. The van der Waals surface area contributed by atoms with Crippen LogP contribution < -0.4 is 33.9 Å². The Bertz CT molecular complexity index is 727. The third-order valence-corrected chi connectivity index (χ3v) is 3.82. The van der Waals surface area contributed by atoms with Crippen molar-refractivity contribution in [3.8, 4) is 0 Å². The summed E-state index contributed by atoms with van der Waals surface area (Å²) in [5.74, 6) is 0.168. The van der Waals surface area contributed by atoms with Gasteiger partial charge in [0.15, 0.2) is 24.4 Å². The van der Waals surface area contributed by atoms with E-state index in [1.165, 1.54) is 6.21 Å². The molecule has 0 unspecified atom stereocenters. The highest BCUT2D eigenvalue weighted by atomic mass is 35.5. The van der Waals surface area contributed by atoms with Crippen LogP contribution in [0.25, 0.3) is 0 Å². The fraction of sp³-hybridized carbons (Fsp3) is 0.368. The normalized spacial score (nSPS) is 10.3. The van der Waals surface area contributed by atoms with Crippen molar-refractivity contribution in [3.05, 3.63) is 60.2 Å². The number of Topliss-reactive ketones (excluding diaryl/α,β-unsaturated/α-hetero) is 1. The van der Waals surface area contributed by atoms with Gasteiger partial charge in [-0.3, -0.25) is 9.53 Å². The van der Waals surface area contributed by atoms with Gasteiger partial charge >= 0.3 is 0 Å². The number of ether oxygens (including phenoxy) is 1. The highest BCUT2D eigenvalue weighted by molar-refractivity contribution is 5.95. The highest BCUT2D eigenvalue weighted by Gasteiger charge is 2.12. The predicted octanol–water partition coefficient (Wildman–Crippen LogP) is -3.53. The number of oxime groups is 1. The lowest BCUT2D eigenvalue weighted by Crippen LogP contribution is -3.00. The molecule has 0 bridgehead atoms. The standard InChI is InChI=1S/C19H24N3O3.2ClH/c1-2-3-4-10-19(23)17-8-7-11-21(14-17)15-25-16-22-12-6-5-9-18(22)13-20-24;;/h5-9,11-14H,2-4,10,15-16H2,1H3;2*1H/q+1;;/p-1. The van der Waals surface area contributed by atoms with E-state index in [0.29, 0.717) is 25.4 Å². The minimum Gasteiger partial charge on any atom is -1.00 e. The average Bonchev–Trinajstić information content (AvgIpc) is 2.64. The highest BCUT2D eigenvalue weighted by Crippen LogP contribution is 2.06. The summed E-state index contributed by atoms with van der Waals surface area (Å²) < 4.78 is 9.36. The van der Waals surface area contributed by atoms with Crippen LogP contribution in [-0.2, 0) is 18.2 Å². The molecule has 148 valence electrons. The van der Waals surface area contributed by atoms with Crippen molar-refractivity contribution in [2.45, 2.75) is 46.1 Å². The van der Waals surface area contributed by atoms with E-state index in [1.807, 2.05) is 58.1 Å². The molecule has 27 heavy (non-hydrogen) atoms. The number of hydrogen-bond donors (Lipinski definition) is 1. The van der Waals surface area contributed by atoms with Crippen LogP contribution in [0.15, 0.2) is 54.1 Å². The van der Waals surface area contributed by atoms with Crippen LogP contribution >= 0.6 is 0 Å². The largest absolute Gasteiger partial charge is 1.00 e. The molecular weight excluding hydrogens is 389 g/mol. The molecule has 0 fully saturated rings. The smallest absolute Gasteiger partial charge is 0.258 e. The molecule has 2 heterocycles. The summed E-state index contributed by atoms with van der Waals surface area (Å²) in [4.78, 5) is 12.2. The van der Waals surface area contributed by atoms with Crippen LogP contribution in [0.2, 0.25) is 0 Å². The molecule has 0 spiro atoms. The van der Waals surface area contributed by atoms with Crippen molar-refractivity contribution in [1.82, 2.24) is 0 Å². The maximum Gasteiger partial charge on any atom is 0.258 e. The second-order valence-electron chi connectivity index (χ2n) is 5.79. The quantitative estimate of drug-likeness (QED) is 0.110. The molecule has 0 amide bonds. The number of halogens is 2. The molecule has 1 N–H and O–H groups in total. The van der Waals surface area contributed by atoms with Crippen molar-refractivity contribution < 1.29 is 48.7 Å². The number of aromatic nitrogens is 2. The summed E-state index contributed by atoms with van der Waals surface area (Å²) in [7, 11) is 0. The molecule has 2 aromatic heterocycles.